The van der Waals surface area contributed by atoms with Crippen LogP contribution in [0.1, 0.15) is 18.9 Å². The lowest BCUT2D eigenvalue weighted by atomic mass is 10.0. The molecule has 0 spiro atoms. The summed E-state index contributed by atoms with van der Waals surface area (Å²) in [6.07, 6.45) is 5.66. The first kappa shape index (κ1) is 20.3. The van der Waals surface area contributed by atoms with E-state index >= 15 is 0 Å². The maximum atomic E-state index is 13.5. The lowest BCUT2D eigenvalue weighted by Gasteiger charge is -2.26. The maximum Gasteiger partial charge on any atom is 0.130 e. The van der Waals surface area contributed by atoms with Gasteiger partial charge < -0.3 is 15.2 Å². The molecular weight excluding hydrogens is 408 g/mol. The van der Waals surface area contributed by atoms with E-state index in [0.29, 0.717) is 11.9 Å². The van der Waals surface area contributed by atoms with Gasteiger partial charge in [-0.15, -0.1) is 0 Å². The van der Waals surface area contributed by atoms with Crippen LogP contribution in [0.15, 0.2) is 73.2 Å². The van der Waals surface area contributed by atoms with Crippen LogP contribution in [0.4, 0.5) is 20.3 Å². The van der Waals surface area contributed by atoms with Crippen LogP contribution in [-0.4, -0.2) is 27.6 Å². The summed E-state index contributed by atoms with van der Waals surface area (Å²) in [5, 5.41) is 6.64. The number of rotatable bonds is 5. The normalized spacial score (nSPS) is 14.4. The van der Waals surface area contributed by atoms with Gasteiger partial charge in [0.2, 0.25) is 0 Å². The molecule has 32 heavy (non-hydrogen) atoms. The van der Waals surface area contributed by atoms with Crippen molar-refractivity contribution >= 4 is 11.5 Å². The third-order valence-corrected chi connectivity index (χ3v) is 5.76. The Bertz CT molecular complexity index is 1200. The van der Waals surface area contributed by atoms with Crippen molar-refractivity contribution in [1.82, 2.24) is 19.9 Å². The fraction of sp³-hybridized carbons (Fsp3) is 0.200. The van der Waals surface area contributed by atoms with Gasteiger partial charge in [-0.3, -0.25) is 0 Å². The first-order valence-corrected chi connectivity index (χ1v) is 10.7. The molecule has 5 rings (SSSR count). The van der Waals surface area contributed by atoms with Gasteiger partial charge in [0.05, 0.1) is 17.7 Å². The molecule has 1 aliphatic heterocycles. The van der Waals surface area contributed by atoms with E-state index in [1.165, 1.54) is 24.3 Å². The molecule has 0 saturated carbocycles. The fourth-order valence-corrected chi connectivity index (χ4v) is 4.15. The molecule has 1 aliphatic rings. The van der Waals surface area contributed by atoms with E-state index in [2.05, 4.69) is 20.2 Å². The average Bonchev–Trinajstić information content (AvgIpc) is 3.27. The minimum Gasteiger partial charge on any atom is -0.340 e. The van der Waals surface area contributed by atoms with Crippen molar-refractivity contribution in [3.63, 3.8) is 0 Å². The van der Waals surface area contributed by atoms with Gasteiger partial charge >= 0.3 is 0 Å². The van der Waals surface area contributed by atoms with Crippen molar-refractivity contribution in [2.45, 2.75) is 18.9 Å². The number of benzene rings is 2. The number of aromatic nitrogens is 3. The number of nitrogens with zero attached hydrogens (tertiary/aromatic N) is 3. The molecule has 1 fully saturated rings. The molecule has 0 unspecified atom stereocenters. The number of hydrogen-bond donors (Lipinski definition) is 2. The molecule has 0 amide bonds. The molecule has 7 heteroatoms. The Morgan fingerprint density at radius 3 is 2.25 bits per heavy atom. The van der Waals surface area contributed by atoms with Crippen LogP contribution in [0.2, 0.25) is 0 Å². The quantitative estimate of drug-likeness (QED) is 0.435. The van der Waals surface area contributed by atoms with Crippen molar-refractivity contribution < 1.29 is 8.78 Å². The summed E-state index contributed by atoms with van der Waals surface area (Å²) in [6.45, 7) is 1.92. The number of anilines is 2. The van der Waals surface area contributed by atoms with E-state index < -0.39 is 0 Å². The zero-order valence-corrected chi connectivity index (χ0v) is 17.4. The van der Waals surface area contributed by atoms with E-state index in [0.717, 1.165) is 54.1 Å². The van der Waals surface area contributed by atoms with E-state index in [-0.39, 0.29) is 11.6 Å². The molecule has 2 aromatic heterocycles. The Balaban J connectivity index is 1.57. The molecule has 0 bridgehead atoms. The standard InChI is InChI=1S/C25H23F2N5/c26-19-3-1-17(2-4-19)24-25(32(16-30-24)22-10-12-28-13-11-22)18-9-14-29-23(15-18)31-21-7-5-20(27)6-8-21/h1-9,14-16,22,28H,10-13H2,(H,29,31). The van der Waals surface area contributed by atoms with Crippen molar-refractivity contribution in [2.24, 2.45) is 0 Å². The Labute approximate surface area is 185 Å². The van der Waals surface area contributed by atoms with E-state index in [9.17, 15) is 8.78 Å². The fourth-order valence-electron chi connectivity index (χ4n) is 4.15. The second-order valence-corrected chi connectivity index (χ2v) is 7.90. The van der Waals surface area contributed by atoms with E-state index in [1.807, 2.05) is 18.5 Å². The molecule has 162 valence electrons. The molecule has 1 saturated heterocycles. The first-order chi connectivity index (χ1) is 15.7. The van der Waals surface area contributed by atoms with Crippen LogP contribution in [0.3, 0.4) is 0 Å². The minimum absolute atomic E-state index is 0.275. The van der Waals surface area contributed by atoms with Crippen LogP contribution >= 0.6 is 0 Å². The SMILES string of the molecule is Fc1ccc(Nc2cc(-c3c(-c4ccc(F)cc4)ncn3C3CCNCC3)ccn2)cc1. The summed E-state index contributed by atoms with van der Waals surface area (Å²) in [7, 11) is 0. The average molecular weight is 431 g/mol. The highest BCUT2D eigenvalue weighted by molar-refractivity contribution is 5.80. The summed E-state index contributed by atoms with van der Waals surface area (Å²) >= 11 is 0. The second kappa shape index (κ2) is 8.88. The third-order valence-electron chi connectivity index (χ3n) is 5.76. The Morgan fingerprint density at radius 2 is 1.53 bits per heavy atom. The highest BCUT2D eigenvalue weighted by Crippen LogP contribution is 2.36. The summed E-state index contributed by atoms with van der Waals surface area (Å²) < 4.78 is 29.0. The predicted molar refractivity (Wildman–Crippen MR) is 122 cm³/mol. The monoisotopic (exact) mass is 431 g/mol. The maximum absolute atomic E-state index is 13.5. The van der Waals surface area contributed by atoms with Crippen molar-refractivity contribution in [2.75, 3.05) is 18.4 Å². The highest BCUT2D eigenvalue weighted by Gasteiger charge is 2.22. The molecule has 2 aromatic carbocycles. The molecule has 0 radical (unpaired) electrons. The first-order valence-electron chi connectivity index (χ1n) is 10.7. The number of hydrogen-bond acceptors (Lipinski definition) is 4. The highest BCUT2D eigenvalue weighted by atomic mass is 19.1. The zero-order valence-electron chi connectivity index (χ0n) is 17.4. The van der Waals surface area contributed by atoms with Gasteiger partial charge in [-0.1, -0.05) is 0 Å². The van der Waals surface area contributed by atoms with Crippen LogP contribution in [0, 0.1) is 11.6 Å². The predicted octanol–water partition coefficient (Wildman–Crippen LogP) is 5.56. The van der Waals surface area contributed by atoms with Gasteiger partial charge in [-0.2, -0.15) is 0 Å². The Kier molecular flexibility index (Phi) is 5.64. The lowest BCUT2D eigenvalue weighted by Crippen LogP contribution is -2.29. The van der Waals surface area contributed by atoms with Gasteiger partial charge in [0, 0.05) is 29.1 Å². The summed E-state index contributed by atoms with van der Waals surface area (Å²) in [5.74, 6) is 0.0899. The van der Waals surface area contributed by atoms with Gasteiger partial charge in [-0.05, 0) is 86.6 Å². The lowest BCUT2D eigenvalue weighted by molar-refractivity contribution is 0.370. The molecule has 3 heterocycles. The van der Waals surface area contributed by atoms with E-state index in [4.69, 9.17) is 4.98 Å². The largest absolute Gasteiger partial charge is 0.340 e. The minimum atomic E-state index is -0.285. The van der Waals surface area contributed by atoms with Crippen LogP contribution in [0.25, 0.3) is 22.5 Å². The molecular formula is C25H23F2N5. The molecule has 2 N–H and O–H groups in total. The van der Waals surface area contributed by atoms with Gasteiger partial charge in [0.25, 0.3) is 0 Å². The molecule has 4 aromatic rings. The zero-order chi connectivity index (χ0) is 21.9. The molecule has 5 nitrogen and oxygen atoms in total. The van der Waals surface area contributed by atoms with Crippen molar-refractivity contribution in [3.05, 3.63) is 84.8 Å². The van der Waals surface area contributed by atoms with Crippen LogP contribution in [-0.2, 0) is 0 Å². The topological polar surface area (TPSA) is 54.8 Å². The summed E-state index contributed by atoms with van der Waals surface area (Å²) in [4.78, 5) is 9.16. The van der Waals surface area contributed by atoms with Gasteiger partial charge in [-0.25, -0.2) is 18.7 Å². The number of pyridine rings is 1. The number of halogens is 2. The summed E-state index contributed by atoms with van der Waals surface area (Å²) in [5.41, 5.74) is 4.36. The van der Waals surface area contributed by atoms with Crippen molar-refractivity contribution in [3.8, 4) is 22.5 Å². The van der Waals surface area contributed by atoms with Gasteiger partial charge in [0.15, 0.2) is 0 Å². The smallest absolute Gasteiger partial charge is 0.130 e. The Hall–Kier alpha value is -3.58. The number of nitrogens with one attached hydrogen (secondary N) is 2. The van der Waals surface area contributed by atoms with Crippen LogP contribution < -0.4 is 10.6 Å². The van der Waals surface area contributed by atoms with Crippen molar-refractivity contribution in [1.29, 1.82) is 0 Å². The second-order valence-electron chi connectivity index (χ2n) is 7.90. The van der Waals surface area contributed by atoms with Gasteiger partial charge in [0.1, 0.15) is 17.5 Å². The number of imidazole rings is 1. The van der Waals surface area contributed by atoms with Crippen LogP contribution in [0.5, 0.6) is 0 Å². The molecule has 0 atom stereocenters. The molecule has 0 aliphatic carbocycles. The van der Waals surface area contributed by atoms with E-state index in [1.54, 1.807) is 30.5 Å². The Morgan fingerprint density at radius 1 is 0.844 bits per heavy atom. The third kappa shape index (κ3) is 4.24. The summed E-state index contributed by atoms with van der Waals surface area (Å²) in [6, 6.07) is 16.8. The number of piperidine rings is 1.